The first-order chi connectivity index (χ1) is 5.65. The van der Waals surface area contributed by atoms with E-state index in [4.69, 9.17) is 0 Å². The molecule has 0 aromatic carbocycles. The molecule has 1 aliphatic rings. The standard InChI is InChI=1S/C10H21NO/c1-4-8(2)9(3)11-6-5-10(12)7-11/h8-10,12H,4-7H2,1-3H3/t8?,9?,10-/m1/s1. The van der Waals surface area contributed by atoms with E-state index in [2.05, 4.69) is 25.7 Å². The third-order valence-electron chi connectivity index (χ3n) is 3.24. The zero-order valence-electron chi connectivity index (χ0n) is 8.45. The number of aliphatic hydroxyl groups is 1. The second kappa shape index (κ2) is 4.24. The van der Waals surface area contributed by atoms with E-state index >= 15 is 0 Å². The molecule has 0 spiro atoms. The van der Waals surface area contributed by atoms with Crippen LogP contribution in [0, 0.1) is 5.92 Å². The Morgan fingerprint density at radius 2 is 2.17 bits per heavy atom. The fourth-order valence-electron chi connectivity index (χ4n) is 1.84. The monoisotopic (exact) mass is 171 g/mol. The molecule has 1 N–H and O–H groups in total. The molecule has 3 atom stereocenters. The molecule has 0 bridgehead atoms. The zero-order valence-corrected chi connectivity index (χ0v) is 8.45. The molecule has 1 aliphatic heterocycles. The Morgan fingerprint density at radius 1 is 1.50 bits per heavy atom. The Labute approximate surface area is 75.6 Å². The van der Waals surface area contributed by atoms with Gasteiger partial charge in [0, 0.05) is 19.1 Å². The van der Waals surface area contributed by atoms with E-state index in [0.717, 1.165) is 25.4 Å². The smallest absolute Gasteiger partial charge is 0.0679 e. The van der Waals surface area contributed by atoms with Crippen LogP contribution in [0.1, 0.15) is 33.6 Å². The molecule has 12 heavy (non-hydrogen) atoms. The highest BCUT2D eigenvalue weighted by atomic mass is 16.3. The average molecular weight is 171 g/mol. The van der Waals surface area contributed by atoms with Crippen molar-refractivity contribution in [1.29, 1.82) is 0 Å². The molecular weight excluding hydrogens is 150 g/mol. The molecule has 0 amide bonds. The SMILES string of the molecule is CCC(C)C(C)N1CC[C@@H](O)C1. The van der Waals surface area contributed by atoms with Crippen molar-refractivity contribution >= 4 is 0 Å². The number of rotatable bonds is 3. The normalized spacial score (nSPS) is 30.5. The van der Waals surface area contributed by atoms with Crippen LogP contribution < -0.4 is 0 Å². The summed E-state index contributed by atoms with van der Waals surface area (Å²) in [7, 11) is 0. The van der Waals surface area contributed by atoms with Crippen molar-refractivity contribution in [2.24, 2.45) is 5.92 Å². The lowest BCUT2D eigenvalue weighted by molar-refractivity contribution is 0.143. The number of likely N-dealkylation sites (tertiary alicyclic amines) is 1. The zero-order chi connectivity index (χ0) is 9.14. The highest BCUT2D eigenvalue weighted by Gasteiger charge is 2.26. The molecule has 2 heteroatoms. The number of β-amino-alcohol motifs (C(OH)–C–C–N with tert-alkyl or cyclic N) is 1. The summed E-state index contributed by atoms with van der Waals surface area (Å²) in [6, 6.07) is 0.632. The molecule has 1 heterocycles. The summed E-state index contributed by atoms with van der Waals surface area (Å²) in [6.07, 6.45) is 2.12. The number of hydrogen-bond acceptors (Lipinski definition) is 2. The van der Waals surface area contributed by atoms with Crippen molar-refractivity contribution in [1.82, 2.24) is 4.90 Å². The lowest BCUT2D eigenvalue weighted by Crippen LogP contribution is -2.36. The molecule has 1 fully saturated rings. The number of nitrogens with zero attached hydrogens (tertiary/aromatic N) is 1. The predicted molar refractivity (Wildman–Crippen MR) is 51.1 cm³/mol. The molecule has 0 saturated carbocycles. The number of aliphatic hydroxyl groups excluding tert-OH is 1. The van der Waals surface area contributed by atoms with Gasteiger partial charge in [-0.1, -0.05) is 20.3 Å². The van der Waals surface area contributed by atoms with Crippen LogP contribution in [0.4, 0.5) is 0 Å². The molecule has 0 aromatic heterocycles. The Bertz CT molecular complexity index is 138. The maximum Gasteiger partial charge on any atom is 0.0679 e. The van der Waals surface area contributed by atoms with Gasteiger partial charge in [-0.2, -0.15) is 0 Å². The summed E-state index contributed by atoms with van der Waals surface area (Å²) in [5.74, 6) is 0.746. The maximum absolute atomic E-state index is 9.36. The minimum Gasteiger partial charge on any atom is -0.392 e. The van der Waals surface area contributed by atoms with Crippen LogP contribution in [-0.2, 0) is 0 Å². The first kappa shape index (κ1) is 10.0. The summed E-state index contributed by atoms with van der Waals surface area (Å²) in [5.41, 5.74) is 0. The van der Waals surface area contributed by atoms with Gasteiger partial charge in [0.25, 0.3) is 0 Å². The van der Waals surface area contributed by atoms with Crippen molar-refractivity contribution in [3.8, 4) is 0 Å². The van der Waals surface area contributed by atoms with Gasteiger partial charge in [-0.25, -0.2) is 0 Å². The van der Waals surface area contributed by atoms with Crippen molar-refractivity contribution < 1.29 is 5.11 Å². The Balaban J connectivity index is 2.37. The summed E-state index contributed by atoms with van der Waals surface area (Å²) in [4.78, 5) is 2.40. The average Bonchev–Trinajstić information content (AvgIpc) is 2.49. The van der Waals surface area contributed by atoms with Crippen LogP contribution in [0.2, 0.25) is 0 Å². The topological polar surface area (TPSA) is 23.5 Å². The van der Waals surface area contributed by atoms with Gasteiger partial charge in [-0.05, 0) is 19.3 Å². The van der Waals surface area contributed by atoms with E-state index in [1.165, 1.54) is 6.42 Å². The van der Waals surface area contributed by atoms with Gasteiger partial charge < -0.3 is 5.11 Å². The van der Waals surface area contributed by atoms with Crippen LogP contribution in [0.15, 0.2) is 0 Å². The van der Waals surface area contributed by atoms with E-state index in [1.54, 1.807) is 0 Å². The molecule has 2 nitrogen and oxygen atoms in total. The lowest BCUT2D eigenvalue weighted by atomic mass is 10.00. The second-order valence-corrected chi connectivity index (χ2v) is 4.06. The third-order valence-corrected chi connectivity index (χ3v) is 3.24. The van der Waals surface area contributed by atoms with Gasteiger partial charge in [-0.15, -0.1) is 0 Å². The van der Waals surface area contributed by atoms with E-state index in [1.807, 2.05) is 0 Å². The van der Waals surface area contributed by atoms with Crippen LogP contribution in [-0.4, -0.2) is 35.2 Å². The molecule has 1 saturated heterocycles. The van der Waals surface area contributed by atoms with E-state index in [0.29, 0.717) is 6.04 Å². The quantitative estimate of drug-likeness (QED) is 0.695. The van der Waals surface area contributed by atoms with Crippen molar-refractivity contribution in [2.45, 2.75) is 45.8 Å². The Morgan fingerprint density at radius 3 is 2.58 bits per heavy atom. The van der Waals surface area contributed by atoms with Gasteiger partial charge >= 0.3 is 0 Å². The second-order valence-electron chi connectivity index (χ2n) is 4.06. The molecule has 2 unspecified atom stereocenters. The predicted octanol–water partition coefficient (Wildman–Crippen LogP) is 1.49. The maximum atomic E-state index is 9.36. The first-order valence-corrected chi connectivity index (χ1v) is 5.07. The van der Waals surface area contributed by atoms with Gasteiger partial charge in [0.05, 0.1) is 6.10 Å². The summed E-state index contributed by atoms with van der Waals surface area (Å²) < 4.78 is 0. The summed E-state index contributed by atoms with van der Waals surface area (Å²) in [5, 5.41) is 9.36. The van der Waals surface area contributed by atoms with Crippen LogP contribution in [0.25, 0.3) is 0 Å². The van der Waals surface area contributed by atoms with Crippen molar-refractivity contribution in [3.63, 3.8) is 0 Å². The van der Waals surface area contributed by atoms with E-state index in [-0.39, 0.29) is 6.10 Å². The van der Waals surface area contributed by atoms with Gasteiger partial charge in [0.2, 0.25) is 0 Å². The fourth-order valence-corrected chi connectivity index (χ4v) is 1.84. The highest BCUT2D eigenvalue weighted by Crippen LogP contribution is 2.19. The highest BCUT2D eigenvalue weighted by molar-refractivity contribution is 4.80. The summed E-state index contributed by atoms with van der Waals surface area (Å²) >= 11 is 0. The van der Waals surface area contributed by atoms with Crippen molar-refractivity contribution in [3.05, 3.63) is 0 Å². The fraction of sp³-hybridized carbons (Fsp3) is 1.00. The first-order valence-electron chi connectivity index (χ1n) is 5.07. The molecule has 0 aromatic rings. The van der Waals surface area contributed by atoms with Gasteiger partial charge in [0.15, 0.2) is 0 Å². The molecule has 72 valence electrons. The van der Waals surface area contributed by atoms with Gasteiger partial charge in [-0.3, -0.25) is 4.90 Å². The summed E-state index contributed by atoms with van der Waals surface area (Å²) in [6.45, 7) is 8.74. The van der Waals surface area contributed by atoms with Gasteiger partial charge in [0.1, 0.15) is 0 Å². The van der Waals surface area contributed by atoms with Crippen molar-refractivity contribution in [2.75, 3.05) is 13.1 Å². The minimum atomic E-state index is -0.0727. The van der Waals surface area contributed by atoms with Crippen LogP contribution >= 0.6 is 0 Å². The largest absolute Gasteiger partial charge is 0.392 e. The molecule has 1 rings (SSSR count). The third kappa shape index (κ3) is 2.20. The lowest BCUT2D eigenvalue weighted by Gasteiger charge is -2.28. The van der Waals surface area contributed by atoms with Crippen LogP contribution in [0.5, 0.6) is 0 Å². The minimum absolute atomic E-state index is 0.0727. The Kier molecular flexibility index (Phi) is 3.53. The van der Waals surface area contributed by atoms with E-state index < -0.39 is 0 Å². The van der Waals surface area contributed by atoms with Crippen LogP contribution in [0.3, 0.4) is 0 Å². The molecular formula is C10H21NO. The number of hydrogen-bond donors (Lipinski definition) is 1. The molecule has 0 aliphatic carbocycles. The Hall–Kier alpha value is -0.0800. The molecule has 0 radical (unpaired) electrons. The van der Waals surface area contributed by atoms with E-state index in [9.17, 15) is 5.11 Å².